The second kappa shape index (κ2) is 8.52. The van der Waals surface area contributed by atoms with E-state index in [0.717, 1.165) is 22.4 Å². The standard InChI is InChI=1S/C33H25N3/c1-33(2)28-15-3-5-17-30(28)36(31-18-6-4-16-29(31)33)27-14-8-11-24(21-27)23-10-7-12-25(20-23)32-26(22-34)13-9-19-35-32/h3-21H,1-2H3. The summed E-state index contributed by atoms with van der Waals surface area (Å²) < 4.78 is 0. The average molecular weight is 464 g/mol. The first kappa shape index (κ1) is 21.8. The van der Waals surface area contributed by atoms with Gasteiger partial charge in [0.1, 0.15) is 6.07 Å². The van der Waals surface area contributed by atoms with Crippen LogP contribution in [0.1, 0.15) is 30.5 Å². The Balaban J connectivity index is 1.49. The molecule has 0 unspecified atom stereocenters. The van der Waals surface area contributed by atoms with E-state index in [2.05, 4.69) is 115 Å². The highest BCUT2D eigenvalue weighted by Gasteiger charge is 2.36. The molecule has 36 heavy (non-hydrogen) atoms. The molecular weight excluding hydrogens is 438 g/mol. The molecule has 1 aliphatic rings. The number of nitriles is 1. The summed E-state index contributed by atoms with van der Waals surface area (Å²) in [5.74, 6) is 0. The van der Waals surface area contributed by atoms with Crippen molar-refractivity contribution in [3.05, 3.63) is 132 Å². The lowest BCUT2D eigenvalue weighted by Gasteiger charge is -2.42. The van der Waals surface area contributed by atoms with Gasteiger partial charge in [0.2, 0.25) is 0 Å². The number of benzene rings is 4. The van der Waals surface area contributed by atoms with Crippen LogP contribution in [0, 0.1) is 11.3 Å². The third-order valence-electron chi connectivity index (χ3n) is 7.14. The predicted octanol–water partition coefficient (Wildman–Crippen LogP) is 8.40. The van der Waals surface area contributed by atoms with E-state index in [1.807, 2.05) is 18.2 Å². The van der Waals surface area contributed by atoms with E-state index < -0.39 is 0 Å². The zero-order chi connectivity index (χ0) is 24.7. The molecule has 0 saturated carbocycles. The third kappa shape index (κ3) is 3.47. The molecule has 0 saturated heterocycles. The normalized spacial score (nSPS) is 13.4. The summed E-state index contributed by atoms with van der Waals surface area (Å²) in [6, 6.07) is 40.2. The van der Waals surface area contributed by atoms with E-state index in [-0.39, 0.29) is 5.41 Å². The second-order valence-corrected chi connectivity index (χ2v) is 9.64. The molecule has 5 aromatic rings. The summed E-state index contributed by atoms with van der Waals surface area (Å²) in [6.45, 7) is 4.61. The number of rotatable bonds is 3. The molecule has 1 aromatic heterocycles. The fraction of sp³-hybridized carbons (Fsp3) is 0.0909. The Kier molecular flexibility index (Phi) is 5.16. The van der Waals surface area contributed by atoms with Crippen LogP contribution in [0.3, 0.4) is 0 Å². The van der Waals surface area contributed by atoms with Crippen LogP contribution in [0.25, 0.3) is 22.4 Å². The lowest BCUT2D eigenvalue weighted by molar-refractivity contribution is 0.632. The molecule has 0 spiro atoms. The van der Waals surface area contributed by atoms with Gasteiger partial charge in [0, 0.05) is 22.9 Å². The summed E-state index contributed by atoms with van der Waals surface area (Å²) in [7, 11) is 0. The zero-order valence-electron chi connectivity index (χ0n) is 20.3. The number of para-hydroxylation sites is 2. The zero-order valence-corrected chi connectivity index (χ0v) is 20.3. The molecule has 6 rings (SSSR count). The maximum absolute atomic E-state index is 9.55. The van der Waals surface area contributed by atoms with E-state index in [4.69, 9.17) is 0 Å². The summed E-state index contributed by atoms with van der Waals surface area (Å²) in [5, 5.41) is 9.55. The quantitative estimate of drug-likeness (QED) is 0.270. The summed E-state index contributed by atoms with van der Waals surface area (Å²) in [4.78, 5) is 6.85. The van der Waals surface area contributed by atoms with Crippen LogP contribution in [0.2, 0.25) is 0 Å². The number of hydrogen-bond acceptors (Lipinski definition) is 3. The molecule has 0 atom stereocenters. The highest BCUT2D eigenvalue weighted by atomic mass is 15.2. The van der Waals surface area contributed by atoms with E-state index in [1.54, 1.807) is 12.3 Å². The first-order chi connectivity index (χ1) is 17.6. The molecule has 0 aliphatic carbocycles. The minimum atomic E-state index is -0.0865. The van der Waals surface area contributed by atoms with Gasteiger partial charge in [-0.25, -0.2) is 0 Å². The van der Waals surface area contributed by atoms with E-state index in [9.17, 15) is 5.26 Å². The van der Waals surface area contributed by atoms with Gasteiger partial charge < -0.3 is 4.90 Å². The van der Waals surface area contributed by atoms with Crippen LogP contribution in [0.4, 0.5) is 17.1 Å². The Labute approximate surface area is 211 Å². The van der Waals surface area contributed by atoms with Gasteiger partial charge in [-0.3, -0.25) is 4.98 Å². The van der Waals surface area contributed by atoms with Crippen molar-refractivity contribution in [1.29, 1.82) is 5.26 Å². The van der Waals surface area contributed by atoms with Crippen LogP contribution in [-0.2, 0) is 5.41 Å². The molecule has 1 aliphatic heterocycles. The Bertz CT molecular complexity index is 1590. The molecule has 4 aromatic carbocycles. The Morgan fingerprint density at radius 3 is 1.97 bits per heavy atom. The first-order valence-electron chi connectivity index (χ1n) is 12.1. The van der Waals surface area contributed by atoms with Crippen LogP contribution in [-0.4, -0.2) is 4.98 Å². The highest BCUT2D eigenvalue weighted by molar-refractivity contribution is 5.87. The van der Waals surface area contributed by atoms with Crippen molar-refractivity contribution >= 4 is 17.1 Å². The van der Waals surface area contributed by atoms with Crippen molar-refractivity contribution in [2.75, 3.05) is 4.90 Å². The van der Waals surface area contributed by atoms with Crippen molar-refractivity contribution in [3.8, 4) is 28.5 Å². The fourth-order valence-corrected chi connectivity index (χ4v) is 5.34. The molecule has 0 N–H and O–H groups in total. The summed E-state index contributed by atoms with van der Waals surface area (Å²) in [5.41, 5.74) is 10.5. The van der Waals surface area contributed by atoms with Gasteiger partial charge in [0.25, 0.3) is 0 Å². The van der Waals surface area contributed by atoms with Crippen LogP contribution >= 0.6 is 0 Å². The third-order valence-corrected chi connectivity index (χ3v) is 7.14. The Morgan fingerprint density at radius 2 is 1.28 bits per heavy atom. The molecule has 2 heterocycles. The van der Waals surface area contributed by atoms with E-state index >= 15 is 0 Å². The van der Waals surface area contributed by atoms with Gasteiger partial charge in [0.15, 0.2) is 0 Å². The SMILES string of the molecule is CC1(C)c2ccccc2N(c2cccc(-c3cccc(-c4ncccc4C#N)c3)c2)c2ccccc21. The van der Waals surface area contributed by atoms with Gasteiger partial charge in [-0.15, -0.1) is 0 Å². The van der Waals surface area contributed by atoms with Gasteiger partial charge >= 0.3 is 0 Å². The first-order valence-corrected chi connectivity index (χ1v) is 12.1. The average Bonchev–Trinajstić information content (AvgIpc) is 2.93. The topological polar surface area (TPSA) is 39.9 Å². The largest absolute Gasteiger partial charge is 0.310 e. The van der Waals surface area contributed by atoms with Gasteiger partial charge in [-0.2, -0.15) is 5.26 Å². The maximum Gasteiger partial charge on any atom is 0.101 e. The van der Waals surface area contributed by atoms with Crippen molar-refractivity contribution in [1.82, 2.24) is 4.98 Å². The molecule has 0 bridgehead atoms. The minimum absolute atomic E-state index is 0.0865. The smallest absolute Gasteiger partial charge is 0.101 e. The lowest BCUT2D eigenvalue weighted by Crippen LogP contribution is -2.30. The number of pyridine rings is 1. The molecule has 3 nitrogen and oxygen atoms in total. The van der Waals surface area contributed by atoms with E-state index in [1.165, 1.54) is 22.5 Å². The van der Waals surface area contributed by atoms with Gasteiger partial charge in [-0.1, -0.05) is 80.6 Å². The number of fused-ring (bicyclic) bond motifs is 2. The van der Waals surface area contributed by atoms with Crippen molar-refractivity contribution < 1.29 is 0 Å². The molecular formula is C33H25N3. The molecule has 172 valence electrons. The summed E-state index contributed by atoms with van der Waals surface area (Å²) in [6.07, 6.45) is 1.73. The fourth-order valence-electron chi connectivity index (χ4n) is 5.34. The number of aromatic nitrogens is 1. The Hall–Kier alpha value is -4.68. The van der Waals surface area contributed by atoms with Crippen molar-refractivity contribution in [2.24, 2.45) is 0 Å². The molecule has 0 radical (unpaired) electrons. The molecule has 0 amide bonds. The molecule has 0 fully saturated rings. The number of anilines is 3. The van der Waals surface area contributed by atoms with Crippen LogP contribution < -0.4 is 4.90 Å². The maximum atomic E-state index is 9.55. The molecule has 3 heteroatoms. The number of hydrogen-bond donors (Lipinski definition) is 0. The number of nitrogens with zero attached hydrogens (tertiary/aromatic N) is 3. The van der Waals surface area contributed by atoms with Crippen molar-refractivity contribution in [2.45, 2.75) is 19.3 Å². The Morgan fingerprint density at radius 1 is 0.667 bits per heavy atom. The predicted molar refractivity (Wildman–Crippen MR) is 147 cm³/mol. The minimum Gasteiger partial charge on any atom is -0.310 e. The van der Waals surface area contributed by atoms with E-state index in [0.29, 0.717) is 11.3 Å². The highest BCUT2D eigenvalue weighted by Crippen LogP contribution is 2.51. The monoisotopic (exact) mass is 463 g/mol. The van der Waals surface area contributed by atoms with Crippen molar-refractivity contribution in [3.63, 3.8) is 0 Å². The lowest BCUT2D eigenvalue weighted by atomic mass is 9.73. The van der Waals surface area contributed by atoms with Gasteiger partial charge in [-0.05, 0) is 64.7 Å². The van der Waals surface area contributed by atoms with Crippen LogP contribution in [0.15, 0.2) is 115 Å². The summed E-state index contributed by atoms with van der Waals surface area (Å²) >= 11 is 0. The van der Waals surface area contributed by atoms with Crippen LogP contribution in [0.5, 0.6) is 0 Å². The second-order valence-electron chi connectivity index (χ2n) is 9.64. The van der Waals surface area contributed by atoms with Gasteiger partial charge in [0.05, 0.1) is 22.6 Å².